The first-order valence-corrected chi connectivity index (χ1v) is 6.22. The van der Waals surface area contributed by atoms with E-state index in [0.29, 0.717) is 0 Å². The van der Waals surface area contributed by atoms with Crippen LogP contribution in [0.2, 0.25) is 0 Å². The zero-order chi connectivity index (χ0) is 11.3. The number of rotatable bonds is 5. The Hall–Kier alpha value is -0.570. The molecule has 0 bridgehead atoms. The Bertz CT molecular complexity index is 204. The van der Waals surface area contributed by atoms with Gasteiger partial charge in [-0.2, -0.15) is 0 Å². The molecule has 1 aliphatic carbocycles. The Morgan fingerprint density at radius 2 is 1.67 bits per heavy atom. The summed E-state index contributed by atoms with van der Waals surface area (Å²) in [5.41, 5.74) is 5.64. The number of carbonyl (C=O) groups is 1. The van der Waals surface area contributed by atoms with Gasteiger partial charge in [0.2, 0.25) is 5.91 Å². The van der Waals surface area contributed by atoms with Crippen molar-refractivity contribution >= 4 is 5.91 Å². The minimum absolute atomic E-state index is 0.184. The van der Waals surface area contributed by atoms with Gasteiger partial charge in [-0.05, 0) is 25.7 Å². The summed E-state index contributed by atoms with van der Waals surface area (Å²) in [5.74, 6) is 0.184. The molecule has 1 saturated carbocycles. The van der Waals surface area contributed by atoms with Gasteiger partial charge in [0.05, 0.1) is 5.54 Å². The molecule has 0 aromatic heterocycles. The highest BCUT2D eigenvalue weighted by atomic mass is 16.2. The largest absolute Gasteiger partial charge is 0.341 e. The normalized spacial score (nSPS) is 19.1. The van der Waals surface area contributed by atoms with E-state index in [1.54, 1.807) is 0 Å². The molecule has 1 rings (SSSR count). The van der Waals surface area contributed by atoms with E-state index < -0.39 is 5.54 Å². The van der Waals surface area contributed by atoms with Gasteiger partial charge in [-0.25, -0.2) is 0 Å². The van der Waals surface area contributed by atoms with Crippen LogP contribution in [0.3, 0.4) is 0 Å². The van der Waals surface area contributed by atoms with Crippen LogP contribution in [-0.2, 0) is 4.79 Å². The van der Waals surface area contributed by atoms with Crippen LogP contribution in [0.25, 0.3) is 0 Å². The van der Waals surface area contributed by atoms with E-state index in [-0.39, 0.29) is 5.91 Å². The minimum Gasteiger partial charge on any atom is -0.341 e. The summed E-state index contributed by atoms with van der Waals surface area (Å²) in [6.45, 7) is 5.92. The second kappa shape index (κ2) is 5.50. The third-order valence-electron chi connectivity index (χ3n) is 3.20. The number of amides is 1. The van der Waals surface area contributed by atoms with Crippen LogP contribution in [-0.4, -0.2) is 29.4 Å². The first-order chi connectivity index (χ1) is 7.14. The average Bonchev–Trinajstić information content (AvgIpc) is 2.65. The molecule has 2 N–H and O–H groups in total. The number of nitrogens with zero attached hydrogens (tertiary/aromatic N) is 1. The van der Waals surface area contributed by atoms with Crippen LogP contribution >= 0.6 is 0 Å². The van der Waals surface area contributed by atoms with Gasteiger partial charge in [0, 0.05) is 13.1 Å². The van der Waals surface area contributed by atoms with Gasteiger partial charge in [-0.15, -0.1) is 0 Å². The van der Waals surface area contributed by atoms with Crippen molar-refractivity contribution in [3.63, 3.8) is 0 Å². The second-order valence-corrected chi connectivity index (χ2v) is 4.66. The molecule has 88 valence electrons. The van der Waals surface area contributed by atoms with Crippen molar-refractivity contribution in [1.82, 2.24) is 4.90 Å². The molecule has 0 saturated heterocycles. The maximum atomic E-state index is 12.2. The molecule has 15 heavy (non-hydrogen) atoms. The third-order valence-corrected chi connectivity index (χ3v) is 3.20. The van der Waals surface area contributed by atoms with E-state index in [4.69, 9.17) is 5.73 Å². The van der Waals surface area contributed by atoms with Crippen molar-refractivity contribution in [1.29, 1.82) is 0 Å². The Labute approximate surface area is 93.0 Å². The summed E-state index contributed by atoms with van der Waals surface area (Å²) in [4.78, 5) is 14.2. The van der Waals surface area contributed by atoms with Crippen molar-refractivity contribution in [2.75, 3.05) is 13.1 Å². The van der Waals surface area contributed by atoms with Crippen LogP contribution in [0.1, 0.15) is 52.4 Å². The Kier molecular flexibility index (Phi) is 4.58. The molecule has 3 heteroatoms. The fourth-order valence-corrected chi connectivity index (χ4v) is 2.39. The standard InChI is InChI=1S/C12H24N2O/c1-3-9-14(10-4-2)11(15)12(13)7-5-6-8-12/h3-10,13H2,1-2H3. The molecule has 1 amide bonds. The summed E-state index contributed by atoms with van der Waals surface area (Å²) in [6, 6.07) is 0. The molecule has 0 aromatic carbocycles. The molecule has 1 aliphatic rings. The van der Waals surface area contributed by atoms with E-state index in [2.05, 4.69) is 13.8 Å². The topological polar surface area (TPSA) is 46.3 Å². The zero-order valence-electron chi connectivity index (χ0n) is 10.1. The number of hydrogen-bond donors (Lipinski definition) is 1. The van der Waals surface area contributed by atoms with Crippen LogP contribution in [0.15, 0.2) is 0 Å². The lowest BCUT2D eigenvalue weighted by Crippen LogP contribution is -2.53. The van der Waals surface area contributed by atoms with E-state index in [0.717, 1.165) is 51.6 Å². The molecule has 0 atom stereocenters. The van der Waals surface area contributed by atoms with Gasteiger partial charge in [0.15, 0.2) is 0 Å². The van der Waals surface area contributed by atoms with Crippen molar-refractivity contribution in [2.45, 2.75) is 57.9 Å². The highest BCUT2D eigenvalue weighted by Gasteiger charge is 2.39. The van der Waals surface area contributed by atoms with Crippen LogP contribution < -0.4 is 5.73 Å². The highest BCUT2D eigenvalue weighted by molar-refractivity contribution is 5.86. The van der Waals surface area contributed by atoms with E-state index in [1.165, 1.54) is 0 Å². The monoisotopic (exact) mass is 212 g/mol. The Morgan fingerprint density at radius 1 is 1.20 bits per heavy atom. The van der Waals surface area contributed by atoms with Crippen LogP contribution in [0.4, 0.5) is 0 Å². The molecule has 0 aromatic rings. The number of nitrogens with two attached hydrogens (primary N) is 1. The summed E-state index contributed by atoms with van der Waals surface area (Å²) >= 11 is 0. The molecule has 0 spiro atoms. The quantitative estimate of drug-likeness (QED) is 0.756. The van der Waals surface area contributed by atoms with Crippen molar-refractivity contribution < 1.29 is 4.79 Å². The van der Waals surface area contributed by atoms with Crippen molar-refractivity contribution in [2.24, 2.45) is 5.73 Å². The van der Waals surface area contributed by atoms with Gasteiger partial charge in [-0.3, -0.25) is 4.79 Å². The smallest absolute Gasteiger partial charge is 0.242 e. The summed E-state index contributed by atoms with van der Waals surface area (Å²) in [7, 11) is 0. The molecule has 3 nitrogen and oxygen atoms in total. The summed E-state index contributed by atoms with van der Waals surface area (Å²) in [5, 5.41) is 0. The minimum atomic E-state index is -0.537. The summed E-state index contributed by atoms with van der Waals surface area (Å²) < 4.78 is 0. The number of hydrogen-bond acceptors (Lipinski definition) is 2. The number of carbonyl (C=O) groups excluding carboxylic acids is 1. The Balaban J connectivity index is 2.61. The zero-order valence-corrected chi connectivity index (χ0v) is 10.1. The van der Waals surface area contributed by atoms with E-state index in [1.807, 2.05) is 4.90 Å². The first-order valence-electron chi connectivity index (χ1n) is 6.22. The second-order valence-electron chi connectivity index (χ2n) is 4.66. The lowest BCUT2D eigenvalue weighted by molar-refractivity contribution is -0.136. The fraction of sp³-hybridized carbons (Fsp3) is 0.917. The first kappa shape index (κ1) is 12.5. The predicted molar refractivity (Wildman–Crippen MR) is 62.5 cm³/mol. The molecule has 0 unspecified atom stereocenters. The summed E-state index contributed by atoms with van der Waals surface area (Å²) in [6.07, 6.45) is 5.98. The van der Waals surface area contributed by atoms with Gasteiger partial charge < -0.3 is 10.6 Å². The lowest BCUT2D eigenvalue weighted by Gasteiger charge is -2.31. The van der Waals surface area contributed by atoms with Gasteiger partial charge >= 0.3 is 0 Å². The molecule has 0 heterocycles. The van der Waals surface area contributed by atoms with Crippen molar-refractivity contribution in [3.8, 4) is 0 Å². The predicted octanol–water partition coefficient (Wildman–Crippen LogP) is 1.91. The third kappa shape index (κ3) is 2.94. The maximum Gasteiger partial charge on any atom is 0.242 e. The molecule has 1 fully saturated rings. The van der Waals surface area contributed by atoms with Crippen molar-refractivity contribution in [3.05, 3.63) is 0 Å². The van der Waals surface area contributed by atoms with Gasteiger partial charge in [-0.1, -0.05) is 26.7 Å². The Morgan fingerprint density at radius 3 is 2.07 bits per heavy atom. The van der Waals surface area contributed by atoms with E-state index in [9.17, 15) is 4.79 Å². The molecule has 0 radical (unpaired) electrons. The maximum absolute atomic E-state index is 12.2. The average molecular weight is 212 g/mol. The molecular formula is C12H24N2O. The highest BCUT2D eigenvalue weighted by Crippen LogP contribution is 2.29. The van der Waals surface area contributed by atoms with Gasteiger partial charge in [0.1, 0.15) is 0 Å². The van der Waals surface area contributed by atoms with E-state index >= 15 is 0 Å². The molecular weight excluding hydrogens is 188 g/mol. The van der Waals surface area contributed by atoms with Gasteiger partial charge in [0.25, 0.3) is 0 Å². The van der Waals surface area contributed by atoms with Crippen LogP contribution in [0.5, 0.6) is 0 Å². The molecule has 0 aliphatic heterocycles. The van der Waals surface area contributed by atoms with Crippen LogP contribution in [0, 0.1) is 0 Å². The SMILES string of the molecule is CCCN(CCC)C(=O)C1(N)CCCC1. The lowest BCUT2D eigenvalue weighted by atomic mass is 9.97. The fourth-order valence-electron chi connectivity index (χ4n) is 2.39.